The second kappa shape index (κ2) is 9.23. The van der Waals surface area contributed by atoms with Gasteiger partial charge in [0.15, 0.2) is 0 Å². The first-order chi connectivity index (χ1) is 13.9. The Labute approximate surface area is 170 Å². The molecule has 7 heteroatoms. The van der Waals surface area contributed by atoms with Gasteiger partial charge in [0.1, 0.15) is 12.6 Å². The fourth-order valence-corrected chi connectivity index (χ4v) is 3.21. The summed E-state index contributed by atoms with van der Waals surface area (Å²) in [5.41, 5.74) is 2.40. The Morgan fingerprint density at radius 1 is 1.03 bits per heavy atom. The zero-order chi connectivity index (χ0) is 20.8. The van der Waals surface area contributed by atoms with Gasteiger partial charge in [0.25, 0.3) is 0 Å². The number of aryl methyl sites for hydroxylation is 1. The minimum atomic E-state index is -0.723. The van der Waals surface area contributed by atoms with Crippen LogP contribution in [-0.2, 0) is 16.0 Å². The zero-order valence-corrected chi connectivity index (χ0v) is 16.6. The van der Waals surface area contributed by atoms with Crippen LogP contribution >= 0.6 is 0 Å². The molecule has 4 amide bonds. The minimum Gasteiger partial charge on any atom is -0.352 e. The molecule has 152 valence electrons. The van der Waals surface area contributed by atoms with Crippen molar-refractivity contribution in [2.45, 2.75) is 38.8 Å². The largest absolute Gasteiger partial charge is 0.352 e. The van der Waals surface area contributed by atoms with Gasteiger partial charge in [0.05, 0.1) is 11.4 Å². The molecule has 1 heterocycles. The van der Waals surface area contributed by atoms with Gasteiger partial charge in [0, 0.05) is 6.04 Å². The van der Waals surface area contributed by atoms with Gasteiger partial charge in [-0.15, -0.1) is 0 Å². The predicted molar refractivity (Wildman–Crippen MR) is 113 cm³/mol. The number of carbonyl (C=O) groups is 3. The second-order valence-corrected chi connectivity index (χ2v) is 7.26. The quantitative estimate of drug-likeness (QED) is 0.704. The van der Waals surface area contributed by atoms with Crippen molar-refractivity contribution in [2.75, 3.05) is 16.8 Å². The minimum absolute atomic E-state index is 0.0245. The average molecular weight is 394 g/mol. The van der Waals surface area contributed by atoms with Crippen molar-refractivity contribution in [3.05, 3.63) is 60.2 Å². The lowest BCUT2D eigenvalue weighted by atomic mass is 10.1. The molecule has 0 bridgehead atoms. The topological polar surface area (TPSA) is 90.5 Å². The molecule has 2 atom stereocenters. The molecule has 2 aromatic carbocycles. The summed E-state index contributed by atoms with van der Waals surface area (Å²) >= 11 is 0. The van der Waals surface area contributed by atoms with Crippen LogP contribution in [0.25, 0.3) is 0 Å². The van der Waals surface area contributed by atoms with Crippen molar-refractivity contribution < 1.29 is 14.4 Å². The van der Waals surface area contributed by atoms with E-state index in [1.807, 2.05) is 25.1 Å². The Kier molecular flexibility index (Phi) is 6.49. The van der Waals surface area contributed by atoms with Crippen LogP contribution in [0.1, 0.15) is 25.8 Å². The summed E-state index contributed by atoms with van der Waals surface area (Å²) in [4.78, 5) is 38.4. The molecule has 0 aliphatic carbocycles. The average Bonchev–Trinajstić information content (AvgIpc) is 2.72. The fraction of sp³-hybridized carbons (Fsp3) is 0.318. The molecule has 3 rings (SSSR count). The Morgan fingerprint density at radius 3 is 2.48 bits per heavy atom. The van der Waals surface area contributed by atoms with Gasteiger partial charge < -0.3 is 16.0 Å². The standard InChI is InChI=1S/C22H26N4O3/c1-15(12-13-17-8-4-3-5-9-17)23-21(28)16(2)24-22(29)26-14-20(27)25-18-10-6-7-11-19(18)26/h3-11,15-16H,12-14H2,1-2H3,(H,23,28)(H,24,29)(H,25,27)/t15-,16-/m0/s1. The molecule has 0 saturated carbocycles. The lowest BCUT2D eigenvalue weighted by Gasteiger charge is -2.30. The number of para-hydroxylation sites is 2. The molecule has 0 radical (unpaired) electrons. The van der Waals surface area contributed by atoms with Gasteiger partial charge in [-0.25, -0.2) is 4.79 Å². The number of anilines is 2. The van der Waals surface area contributed by atoms with E-state index in [4.69, 9.17) is 0 Å². The number of hydrogen-bond donors (Lipinski definition) is 3. The number of amides is 4. The van der Waals surface area contributed by atoms with Crippen molar-refractivity contribution in [2.24, 2.45) is 0 Å². The smallest absolute Gasteiger partial charge is 0.323 e. The highest BCUT2D eigenvalue weighted by Crippen LogP contribution is 2.28. The van der Waals surface area contributed by atoms with Crippen molar-refractivity contribution in [1.29, 1.82) is 0 Å². The van der Waals surface area contributed by atoms with E-state index in [-0.39, 0.29) is 24.4 Å². The zero-order valence-electron chi connectivity index (χ0n) is 16.6. The molecule has 29 heavy (non-hydrogen) atoms. The third-order valence-electron chi connectivity index (χ3n) is 4.85. The molecule has 1 aliphatic rings. The summed E-state index contributed by atoms with van der Waals surface area (Å²) < 4.78 is 0. The SMILES string of the molecule is C[C@H](NC(=O)N1CC(=O)Nc2ccccc21)C(=O)N[C@@H](C)CCc1ccccc1. The number of hydrogen-bond acceptors (Lipinski definition) is 3. The highest BCUT2D eigenvalue weighted by molar-refractivity contribution is 6.10. The molecule has 1 aliphatic heterocycles. The summed E-state index contributed by atoms with van der Waals surface area (Å²) in [5, 5.41) is 8.35. The van der Waals surface area contributed by atoms with E-state index in [0.29, 0.717) is 11.4 Å². The van der Waals surface area contributed by atoms with Crippen LogP contribution < -0.4 is 20.9 Å². The maximum Gasteiger partial charge on any atom is 0.323 e. The van der Waals surface area contributed by atoms with Crippen LogP contribution in [0, 0.1) is 0 Å². The highest BCUT2D eigenvalue weighted by Gasteiger charge is 2.28. The van der Waals surface area contributed by atoms with E-state index in [9.17, 15) is 14.4 Å². The van der Waals surface area contributed by atoms with Gasteiger partial charge in [-0.3, -0.25) is 14.5 Å². The third kappa shape index (κ3) is 5.34. The molecule has 3 N–H and O–H groups in total. The van der Waals surface area contributed by atoms with Gasteiger partial charge >= 0.3 is 6.03 Å². The van der Waals surface area contributed by atoms with Crippen molar-refractivity contribution in [3.8, 4) is 0 Å². The lowest BCUT2D eigenvalue weighted by Crippen LogP contribution is -2.53. The summed E-state index contributed by atoms with van der Waals surface area (Å²) in [5.74, 6) is -0.529. The number of benzene rings is 2. The first-order valence-corrected chi connectivity index (χ1v) is 9.75. The summed E-state index contributed by atoms with van der Waals surface area (Å²) in [6.45, 7) is 3.48. The summed E-state index contributed by atoms with van der Waals surface area (Å²) in [6.07, 6.45) is 1.67. The molecule has 7 nitrogen and oxygen atoms in total. The molecule has 0 saturated heterocycles. The number of nitrogens with one attached hydrogen (secondary N) is 3. The Hall–Kier alpha value is -3.35. The van der Waals surface area contributed by atoms with E-state index in [2.05, 4.69) is 28.1 Å². The highest BCUT2D eigenvalue weighted by atomic mass is 16.2. The van der Waals surface area contributed by atoms with E-state index < -0.39 is 12.1 Å². The molecule has 2 aromatic rings. The molecule has 0 unspecified atom stereocenters. The Morgan fingerprint density at radius 2 is 1.72 bits per heavy atom. The number of nitrogens with zero attached hydrogens (tertiary/aromatic N) is 1. The van der Waals surface area contributed by atoms with Crippen LogP contribution in [0.2, 0.25) is 0 Å². The third-order valence-corrected chi connectivity index (χ3v) is 4.85. The monoisotopic (exact) mass is 394 g/mol. The van der Waals surface area contributed by atoms with Crippen LogP contribution in [0.5, 0.6) is 0 Å². The van der Waals surface area contributed by atoms with E-state index in [1.165, 1.54) is 10.5 Å². The van der Waals surface area contributed by atoms with Gasteiger partial charge in [-0.1, -0.05) is 42.5 Å². The van der Waals surface area contributed by atoms with Gasteiger partial charge in [0.2, 0.25) is 11.8 Å². The lowest BCUT2D eigenvalue weighted by molar-refractivity contribution is -0.123. The number of rotatable bonds is 6. The first kappa shape index (κ1) is 20.4. The summed E-state index contributed by atoms with van der Waals surface area (Å²) in [6, 6.07) is 15.9. The van der Waals surface area contributed by atoms with Gasteiger partial charge in [-0.05, 0) is 44.4 Å². The molecule has 0 fully saturated rings. The van der Waals surface area contributed by atoms with Crippen LogP contribution in [0.15, 0.2) is 54.6 Å². The predicted octanol–water partition coefficient (Wildman–Crippen LogP) is 2.68. The Bertz CT molecular complexity index is 885. The number of urea groups is 1. The Balaban J connectivity index is 1.53. The van der Waals surface area contributed by atoms with Crippen LogP contribution in [0.3, 0.4) is 0 Å². The molecule has 0 aromatic heterocycles. The maximum atomic E-state index is 12.7. The van der Waals surface area contributed by atoms with E-state index >= 15 is 0 Å². The molecular formula is C22H26N4O3. The fourth-order valence-electron chi connectivity index (χ4n) is 3.21. The van der Waals surface area contributed by atoms with Gasteiger partial charge in [-0.2, -0.15) is 0 Å². The van der Waals surface area contributed by atoms with Crippen molar-refractivity contribution in [1.82, 2.24) is 10.6 Å². The van der Waals surface area contributed by atoms with E-state index in [1.54, 1.807) is 31.2 Å². The van der Waals surface area contributed by atoms with Crippen molar-refractivity contribution in [3.63, 3.8) is 0 Å². The number of carbonyl (C=O) groups excluding carboxylic acids is 3. The van der Waals surface area contributed by atoms with Crippen molar-refractivity contribution >= 4 is 29.2 Å². The summed E-state index contributed by atoms with van der Waals surface area (Å²) in [7, 11) is 0. The number of fused-ring (bicyclic) bond motifs is 1. The second-order valence-electron chi connectivity index (χ2n) is 7.26. The van der Waals surface area contributed by atoms with Crippen LogP contribution in [-0.4, -0.2) is 36.5 Å². The van der Waals surface area contributed by atoms with E-state index in [0.717, 1.165) is 12.8 Å². The van der Waals surface area contributed by atoms with Crippen LogP contribution in [0.4, 0.5) is 16.2 Å². The first-order valence-electron chi connectivity index (χ1n) is 9.75. The molecular weight excluding hydrogens is 368 g/mol. The maximum absolute atomic E-state index is 12.7. The molecule has 0 spiro atoms. The normalized spacial score (nSPS) is 15.0.